The van der Waals surface area contributed by atoms with Crippen LogP contribution in [0.3, 0.4) is 0 Å². The molecule has 2 aromatic rings. The maximum Gasteiger partial charge on any atom is 0.423 e. The number of benzene rings is 2. The van der Waals surface area contributed by atoms with Crippen molar-refractivity contribution in [3.05, 3.63) is 69.8 Å². The molecule has 8 heteroatoms. The van der Waals surface area contributed by atoms with Crippen molar-refractivity contribution in [1.29, 1.82) is 0 Å². The number of nitro groups is 1. The lowest BCUT2D eigenvalue weighted by Crippen LogP contribution is -2.26. The molecule has 0 saturated heterocycles. The predicted molar refractivity (Wildman–Crippen MR) is 82.7 cm³/mol. The van der Waals surface area contributed by atoms with E-state index in [1.54, 1.807) is 0 Å². The number of nitrogens with zero attached hydrogens (tertiary/aromatic N) is 1. The third kappa shape index (κ3) is 4.45. The van der Waals surface area contributed by atoms with Crippen LogP contribution in [0.25, 0.3) is 0 Å². The molecular weight excluding hydrogens is 325 g/mol. The highest BCUT2D eigenvalue weighted by molar-refractivity contribution is 5.55. The second-order valence-electron chi connectivity index (χ2n) is 5.20. The quantitative estimate of drug-likeness (QED) is 0.622. The monoisotopic (exact) mass is 340 g/mol. The minimum atomic E-state index is -4.84. The molecule has 2 rings (SSSR count). The van der Waals surface area contributed by atoms with Crippen LogP contribution in [0.4, 0.5) is 24.5 Å². The van der Waals surface area contributed by atoms with E-state index < -0.39 is 28.4 Å². The molecule has 24 heavy (non-hydrogen) atoms. The standard InChI is InChI=1S/C16H15F3N2O3/c17-16(18,19)14-9-12(6-7-15(14)21(23)24)20-13(10-22)8-11-4-2-1-3-5-11/h1-7,9,13,20,22H,8,10H2. The fourth-order valence-electron chi connectivity index (χ4n) is 2.31. The van der Waals surface area contributed by atoms with Crippen molar-refractivity contribution >= 4 is 11.4 Å². The van der Waals surface area contributed by atoms with E-state index in [0.717, 1.165) is 11.6 Å². The van der Waals surface area contributed by atoms with E-state index >= 15 is 0 Å². The van der Waals surface area contributed by atoms with Gasteiger partial charge in [-0.05, 0) is 24.1 Å². The smallest absolute Gasteiger partial charge is 0.394 e. The molecule has 1 unspecified atom stereocenters. The van der Waals surface area contributed by atoms with E-state index in [9.17, 15) is 28.4 Å². The zero-order valence-electron chi connectivity index (χ0n) is 12.5. The van der Waals surface area contributed by atoms with Gasteiger partial charge in [-0.15, -0.1) is 0 Å². The van der Waals surface area contributed by atoms with E-state index in [0.29, 0.717) is 12.5 Å². The SMILES string of the molecule is O=[N+]([O-])c1ccc(NC(CO)Cc2ccccc2)cc1C(F)(F)F. The van der Waals surface area contributed by atoms with Gasteiger partial charge in [-0.3, -0.25) is 10.1 Å². The first-order chi connectivity index (χ1) is 11.3. The number of alkyl halides is 3. The molecule has 2 N–H and O–H groups in total. The molecule has 0 aromatic heterocycles. The Bertz CT molecular complexity index is 705. The normalized spacial score (nSPS) is 12.7. The fraction of sp³-hybridized carbons (Fsp3) is 0.250. The van der Waals surface area contributed by atoms with Gasteiger partial charge in [-0.1, -0.05) is 30.3 Å². The molecule has 0 aliphatic heterocycles. The largest absolute Gasteiger partial charge is 0.423 e. The first kappa shape index (κ1) is 17.7. The Kier molecular flexibility index (Phi) is 5.40. The molecule has 5 nitrogen and oxygen atoms in total. The van der Waals surface area contributed by atoms with Gasteiger partial charge in [-0.2, -0.15) is 13.2 Å². The van der Waals surface area contributed by atoms with Crippen molar-refractivity contribution in [2.75, 3.05) is 11.9 Å². The Morgan fingerprint density at radius 3 is 2.38 bits per heavy atom. The topological polar surface area (TPSA) is 75.4 Å². The van der Waals surface area contributed by atoms with Crippen LogP contribution in [-0.2, 0) is 12.6 Å². The van der Waals surface area contributed by atoms with Gasteiger partial charge in [0, 0.05) is 11.8 Å². The Balaban J connectivity index is 2.23. The van der Waals surface area contributed by atoms with Crippen molar-refractivity contribution in [2.24, 2.45) is 0 Å². The van der Waals surface area contributed by atoms with Crippen LogP contribution in [0.1, 0.15) is 11.1 Å². The van der Waals surface area contributed by atoms with Crippen molar-refractivity contribution in [1.82, 2.24) is 0 Å². The molecule has 0 saturated carbocycles. The van der Waals surface area contributed by atoms with Gasteiger partial charge < -0.3 is 10.4 Å². The summed E-state index contributed by atoms with van der Waals surface area (Å²) in [5, 5.41) is 23.0. The lowest BCUT2D eigenvalue weighted by molar-refractivity contribution is -0.388. The number of anilines is 1. The summed E-state index contributed by atoms with van der Waals surface area (Å²) in [6.45, 7) is -0.298. The number of hydrogen-bond donors (Lipinski definition) is 2. The number of nitrogens with one attached hydrogen (secondary N) is 1. The van der Waals surface area contributed by atoms with Gasteiger partial charge in [0.2, 0.25) is 0 Å². The first-order valence-corrected chi connectivity index (χ1v) is 7.08. The van der Waals surface area contributed by atoms with Crippen molar-refractivity contribution in [2.45, 2.75) is 18.6 Å². The minimum absolute atomic E-state index is 0.0582. The number of aliphatic hydroxyl groups is 1. The maximum absolute atomic E-state index is 13.0. The molecule has 1 atom stereocenters. The average Bonchev–Trinajstić information content (AvgIpc) is 2.54. The lowest BCUT2D eigenvalue weighted by Gasteiger charge is -2.19. The molecule has 0 bridgehead atoms. The molecule has 0 aliphatic rings. The van der Waals surface area contributed by atoms with Crippen LogP contribution in [0.5, 0.6) is 0 Å². The Labute approximate surface area is 135 Å². The summed E-state index contributed by atoms with van der Waals surface area (Å²) in [6, 6.07) is 11.3. The Morgan fingerprint density at radius 2 is 1.83 bits per heavy atom. The van der Waals surface area contributed by atoms with Crippen LogP contribution < -0.4 is 5.32 Å². The highest BCUT2D eigenvalue weighted by Crippen LogP contribution is 2.37. The second kappa shape index (κ2) is 7.31. The van der Waals surface area contributed by atoms with Gasteiger partial charge in [-0.25, -0.2) is 0 Å². The summed E-state index contributed by atoms with van der Waals surface area (Å²) in [6.07, 6.45) is -4.44. The number of aliphatic hydroxyl groups excluding tert-OH is 1. The Morgan fingerprint density at radius 1 is 1.17 bits per heavy atom. The van der Waals surface area contributed by atoms with Crippen molar-refractivity contribution < 1.29 is 23.2 Å². The van der Waals surface area contributed by atoms with Crippen LogP contribution in [0, 0.1) is 10.1 Å². The van der Waals surface area contributed by atoms with Gasteiger partial charge >= 0.3 is 6.18 Å². The lowest BCUT2D eigenvalue weighted by atomic mass is 10.1. The molecule has 0 radical (unpaired) electrons. The summed E-state index contributed by atoms with van der Waals surface area (Å²) >= 11 is 0. The fourth-order valence-corrected chi connectivity index (χ4v) is 2.31. The van der Waals surface area contributed by atoms with Gasteiger partial charge in [0.05, 0.1) is 17.6 Å². The summed E-state index contributed by atoms with van der Waals surface area (Å²) in [4.78, 5) is 9.68. The number of halogens is 3. The summed E-state index contributed by atoms with van der Waals surface area (Å²) in [5.41, 5.74) is -1.37. The van der Waals surface area contributed by atoms with Gasteiger partial charge in [0.15, 0.2) is 0 Å². The maximum atomic E-state index is 13.0. The third-order valence-corrected chi connectivity index (χ3v) is 3.41. The summed E-state index contributed by atoms with van der Waals surface area (Å²) < 4.78 is 38.9. The van der Waals surface area contributed by atoms with E-state index in [-0.39, 0.29) is 12.3 Å². The summed E-state index contributed by atoms with van der Waals surface area (Å²) in [7, 11) is 0. The van der Waals surface area contributed by atoms with Crippen LogP contribution >= 0.6 is 0 Å². The third-order valence-electron chi connectivity index (χ3n) is 3.41. The number of hydrogen-bond acceptors (Lipinski definition) is 4. The number of nitro benzene ring substituents is 1. The molecule has 0 aliphatic carbocycles. The van der Waals surface area contributed by atoms with E-state index in [2.05, 4.69) is 5.32 Å². The van der Waals surface area contributed by atoms with Crippen LogP contribution in [0.15, 0.2) is 48.5 Å². The average molecular weight is 340 g/mol. The van der Waals surface area contributed by atoms with E-state index in [4.69, 9.17) is 0 Å². The van der Waals surface area contributed by atoms with E-state index in [1.807, 2.05) is 30.3 Å². The molecule has 0 spiro atoms. The number of rotatable bonds is 6. The summed E-state index contributed by atoms with van der Waals surface area (Å²) in [5.74, 6) is 0. The molecule has 0 amide bonds. The van der Waals surface area contributed by atoms with Gasteiger partial charge in [0.1, 0.15) is 5.56 Å². The van der Waals surface area contributed by atoms with Gasteiger partial charge in [0.25, 0.3) is 5.69 Å². The minimum Gasteiger partial charge on any atom is -0.394 e. The zero-order chi connectivity index (χ0) is 17.7. The highest BCUT2D eigenvalue weighted by atomic mass is 19.4. The predicted octanol–water partition coefficient (Wildman–Crippen LogP) is 3.63. The zero-order valence-corrected chi connectivity index (χ0v) is 12.5. The molecule has 2 aromatic carbocycles. The molecular formula is C16H15F3N2O3. The second-order valence-corrected chi connectivity index (χ2v) is 5.20. The van der Waals surface area contributed by atoms with Crippen molar-refractivity contribution in [3.8, 4) is 0 Å². The highest BCUT2D eigenvalue weighted by Gasteiger charge is 2.38. The first-order valence-electron chi connectivity index (χ1n) is 7.08. The van der Waals surface area contributed by atoms with E-state index in [1.165, 1.54) is 6.07 Å². The van der Waals surface area contributed by atoms with Crippen LogP contribution in [-0.4, -0.2) is 22.7 Å². The van der Waals surface area contributed by atoms with Crippen LogP contribution in [0.2, 0.25) is 0 Å². The molecule has 128 valence electrons. The van der Waals surface area contributed by atoms with Crippen molar-refractivity contribution in [3.63, 3.8) is 0 Å². The Hall–Kier alpha value is -2.61. The molecule has 0 heterocycles. The molecule has 0 fully saturated rings.